The van der Waals surface area contributed by atoms with Gasteiger partial charge in [0.15, 0.2) is 11.5 Å². The van der Waals surface area contributed by atoms with Gasteiger partial charge in [-0.1, -0.05) is 6.07 Å². The van der Waals surface area contributed by atoms with Crippen LogP contribution in [0.15, 0.2) is 24.3 Å². The Hall–Kier alpha value is -3.57. The van der Waals surface area contributed by atoms with Crippen LogP contribution in [0.1, 0.15) is 6.92 Å². The number of nitrogens with zero attached hydrogens (tertiary/aromatic N) is 5. The number of phenolic OH excluding ortho intramolecular Hbond substituents is 1. The number of benzene rings is 1. The van der Waals surface area contributed by atoms with Gasteiger partial charge in [-0.2, -0.15) is 4.98 Å². The molecule has 1 saturated heterocycles. The van der Waals surface area contributed by atoms with Gasteiger partial charge in [0.1, 0.15) is 35.1 Å². The third-order valence-corrected chi connectivity index (χ3v) is 6.92. The van der Waals surface area contributed by atoms with Crippen LogP contribution in [0.2, 0.25) is 0 Å². The van der Waals surface area contributed by atoms with E-state index < -0.39 is 23.4 Å². The number of halogens is 2. The maximum atomic E-state index is 15.5. The lowest BCUT2D eigenvalue weighted by Gasteiger charge is -2.49. The van der Waals surface area contributed by atoms with Crippen molar-refractivity contribution < 1.29 is 23.4 Å². The van der Waals surface area contributed by atoms with Gasteiger partial charge in [-0.3, -0.25) is 4.79 Å². The minimum atomic E-state index is -0.800. The first-order chi connectivity index (χ1) is 17.2. The molecule has 0 spiro atoms. The predicted octanol–water partition coefficient (Wildman–Crippen LogP) is 2.12. The minimum Gasteiger partial charge on any atom is -0.507 e. The molecule has 0 bridgehead atoms. The summed E-state index contributed by atoms with van der Waals surface area (Å²) in [7, 11) is 3.84. The zero-order valence-corrected chi connectivity index (χ0v) is 20.1. The number of piperazine rings is 1. The summed E-state index contributed by atoms with van der Waals surface area (Å²) in [5, 5.41) is 14.0. The van der Waals surface area contributed by atoms with Crippen molar-refractivity contribution in [1.82, 2.24) is 20.2 Å². The number of pyridine rings is 2. The minimum absolute atomic E-state index is 0.0577. The molecule has 3 atom stereocenters. The van der Waals surface area contributed by atoms with Crippen LogP contribution in [0, 0.1) is 11.6 Å². The van der Waals surface area contributed by atoms with Crippen LogP contribution in [0.5, 0.6) is 11.6 Å². The number of hydrogen-bond donors (Lipinski definition) is 2. The third kappa shape index (κ3) is 3.45. The van der Waals surface area contributed by atoms with E-state index in [4.69, 9.17) is 4.74 Å². The molecule has 0 radical (unpaired) electrons. The lowest BCUT2D eigenvalue weighted by molar-refractivity contribution is -0.121. The molecule has 5 heterocycles. The van der Waals surface area contributed by atoms with Gasteiger partial charge in [0, 0.05) is 31.1 Å². The van der Waals surface area contributed by atoms with Crippen LogP contribution >= 0.6 is 0 Å². The van der Waals surface area contributed by atoms with Gasteiger partial charge in [0.2, 0.25) is 5.88 Å². The number of aromatic hydroxyl groups is 1. The Morgan fingerprint density at radius 3 is 2.75 bits per heavy atom. The molecule has 1 amide bonds. The topological polar surface area (TPSA) is 94.1 Å². The zero-order valence-electron chi connectivity index (χ0n) is 20.1. The SMILES string of the molecule is C[C@@H]1CN2c3c4c(nc5nc(-c6c(O)cccc6F)c(F)cc35)O[C@H](CN(C)C)CN4C(=O)[C@H]2CN1. The molecule has 11 heteroatoms. The number of hydrogen-bond acceptors (Lipinski definition) is 8. The Morgan fingerprint density at radius 2 is 2.00 bits per heavy atom. The average Bonchev–Trinajstić information content (AvgIpc) is 2.81. The summed E-state index contributed by atoms with van der Waals surface area (Å²) in [6.45, 7) is 3.90. The fourth-order valence-corrected chi connectivity index (χ4v) is 5.41. The lowest BCUT2D eigenvalue weighted by Crippen LogP contribution is -2.66. The highest BCUT2D eigenvalue weighted by Gasteiger charge is 2.47. The number of amides is 1. The van der Waals surface area contributed by atoms with Crippen molar-refractivity contribution in [3.63, 3.8) is 0 Å². The van der Waals surface area contributed by atoms with Crippen molar-refractivity contribution >= 4 is 28.3 Å². The van der Waals surface area contributed by atoms with Crippen molar-refractivity contribution in [3.8, 4) is 22.9 Å². The molecule has 188 valence electrons. The number of phenols is 1. The van der Waals surface area contributed by atoms with Gasteiger partial charge in [-0.15, -0.1) is 0 Å². The molecule has 36 heavy (non-hydrogen) atoms. The van der Waals surface area contributed by atoms with Crippen molar-refractivity contribution in [3.05, 3.63) is 35.9 Å². The molecule has 1 fully saturated rings. The van der Waals surface area contributed by atoms with Gasteiger partial charge in [-0.05, 0) is 39.2 Å². The van der Waals surface area contributed by atoms with E-state index in [1.54, 1.807) is 4.90 Å². The molecule has 3 aliphatic heterocycles. The summed E-state index contributed by atoms with van der Waals surface area (Å²) in [4.78, 5) is 28.2. The Bertz CT molecular complexity index is 1380. The third-order valence-electron chi connectivity index (χ3n) is 6.92. The Morgan fingerprint density at radius 1 is 1.19 bits per heavy atom. The number of ether oxygens (including phenoxy) is 1. The summed E-state index contributed by atoms with van der Waals surface area (Å²) < 4.78 is 36.3. The maximum Gasteiger partial charge on any atom is 0.251 e. The molecule has 9 nitrogen and oxygen atoms in total. The monoisotopic (exact) mass is 496 g/mol. The van der Waals surface area contributed by atoms with Crippen molar-refractivity contribution in [1.29, 1.82) is 0 Å². The predicted molar refractivity (Wildman–Crippen MR) is 130 cm³/mol. The number of aromatic nitrogens is 2. The largest absolute Gasteiger partial charge is 0.507 e. The number of carbonyl (C=O) groups is 1. The zero-order chi connectivity index (χ0) is 25.3. The van der Waals surface area contributed by atoms with E-state index in [0.29, 0.717) is 42.9 Å². The summed E-state index contributed by atoms with van der Waals surface area (Å²) in [5.41, 5.74) is 0.615. The van der Waals surface area contributed by atoms with Crippen LogP contribution in [-0.2, 0) is 4.79 Å². The van der Waals surface area contributed by atoms with Crippen LogP contribution < -0.4 is 19.9 Å². The van der Waals surface area contributed by atoms with Gasteiger partial charge in [-0.25, -0.2) is 13.8 Å². The lowest BCUT2D eigenvalue weighted by atomic mass is 9.98. The molecule has 0 saturated carbocycles. The fraction of sp³-hybridized carbons (Fsp3) is 0.400. The first kappa shape index (κ1) is 22.9. The van der Waals surface area contributed by atoms with E-state index in [0.717, 1.165) is 6.07 Å². The van der Waals surface area contributed by atoms with Crippen LogP contribution in [0.4, 0.5) is 20.2 Å². The number of rotatable bonds is 3. The Kier molecular flexibility index (Phi) is 5.23. The summed E-state index contributed by atoms with van der Waals surface area (Å²) in [6, 6.07) is 4.63. The van der Waals surface area contributed by atoms with E-state index in [2.05, 4.69) is 15.3 Å². The van der Waals surface area contributed by atoms with Gasteiger partial charge in [0.05, 0.1) is 17.8 Å². The summed E-state index contributed by atoms with van der Waals surface area (Å²) in [5.74, 6) is -1.84. The van der Waals surface area contributed by atoms with E-state index in [9.17, 15) is 14.3 Å². The Balaban J connectivity index is 1.61. The molecule has 6 rings (SSSR count). The number of likely N-dealkylation sites (N-methyl/N-ethyl adjacent to an activating group) is 1. The quantitative estimate of drug-likeness (QED) is 0.570. The first-order valence-electron chi connectivity index (χ1n) is 11.9. The molecule has 3 aliphatic rings. The highest BCUT2D eigenvalue weighted by molar-refractivity contribution is 6.13. The van der Waals surface area contributed by atoms with Gasteiger partial charge in [0.25, 0.3) is 5.91 Å². The van der Waals surface area contributed by atoms with Crippen molar-refractivity contribution in [2.45, 2.75) is 25.1 Å². The van der Waals surface area contributed by atoms with E-state index in [-0.39, 0.29) is 40.8 Å². The second-order valence-electron chi connectivity index (χ2n) is 9.87. The number of anilines is 2. The number of carbonyl (C=O) groups excluding carboxylic acids is 1. The van der Waals surface area contributed by atoms with Crippen LogP contribution in [0.25, 0.3) is 22.3 Å². The first-order valence-corrected chi connectivity index (χ1v) is 11.9. The molecular formula is C25H26F2N6O3. The van der Waals surface area contributed by atoms with Crippen molar-refractivity contribution in [2.24, 2.45) is 0 Å². The average molecular weight is 497 g/mol. The van der Waals surface area contributed by atoms with E-state index in [1.807, 2.05) is 30.8 Å². The molecule has 0 unspecified atom stereocenters. The molecule has 1 aromatic carbocycles. The molecule has 2 N–H and O–H groups in total. The molecule has 0 aliphatic carbocycles. The smallest absolute Gasteiger partial charge is 0.251 e. The normalized spacial score (nSPS) is 23.1. The number of fused-ring (bicyclic) bond motifs is 4. The molecular weight excluding hydrogens is 470 g/mol. The highest BCUT2D eigenvalue weighted by atomic mass is 19.1. The van der Waals surface area contributed by atoms with Gasteiger partial charge >= 0.3 is 0 Å². The maximum absolute atomic E-state index is 15.5. The second kappa shape index (κ2) is 8.24. The van der Waals surface area contributed by atoms with Crippen molar-refractivity contribution in [2.75, 3.05) is 50.1 Å². The van der Waals surface area contributed by atoms with Crippen LogP contribution in [0.3, 0.4) is 0 Å². The molecule has 3 aromatic rings. The Labute approximate surface area is 206 Å². The summed E-state index contributed by atoms with van der Waals surface area (Å²) >= 11 is 0. The van der Waals surface area contributed by atoms with Gasteiger partial charge < -0.3 is 29.9 Å². The van der Waals surface area contributed by atoms with E-state index >= 15 is 4.39 Å². The van der Waals surface area contributed by atoms with E-state index in [1.165, 1.54) is 18.2 Å². The van der Waals surface area contributed by atoms with Crippen LogP contribution in [-0.4, -0.2) is 84.3 Å². The fourth-order valence-electron chi connectivity index (χ4n) is 5.41. The molecule has 2 aromatic heterocycles. The second-order valence-corrected chi connectivity index (χ2v) is 9.87. The number of nitrogens with one attached hydrogen (secondary N) is 1. The standard InChI is InChI=1S/C25H26F2N6O3/c1-12-9-32-17(8-28-12)25(35)33-11-13(10-31(2)3)36-24-22(33)21(32)14-7-16(27)20(29-23(14)30-24)19-15(26)5-4-6-18(19)34/h4-7,12-13,17,28,34H,8-11H2,1-3H3/t12-,13-,17-/m1/s1. The summed E-state index contributed by atoms with van der Waals surface area (Å²) in [6.07, 6.45) is -0.327. The highest BCUT2D eigenvalue weighted by Crippen LogP contribution is 2.49.